The number of allylic oxidation sites excluding steroid dienone is 1. The summed E-state index contributed by atoms with van der Waals surface area (Å²) in [7, 11) is 3.97. The summed E-state index contributed by atoms with van der Waals surface area (Å²) in [5.74, 6) is 0.523. The first-order chi connectivity index (χ1) is 6.22. The van der Waals surface area contributed by atoms with Crippen LogP contribution >= 0.6 is 0 Å². The van der Waals surface area contributed by atoms with Crippen molar-refractivity contribution >= 4 is 6.21 Å². The Balaban J connectivity index is 2.31. The van der Waals surface area contributed by atoms with Gasteiger partial charge in [0.05, 0.1) is 12.3 Å². The summed E-state index contributed by atoms with van der Waals surface area (Å²) in [6.07, 6.45) is 6.36. The van der Waals surface area contributed by atoms with E-state index in [-0.39, 0.29) is 0 Å². The summed E-state index contributed by atoms with van der Waals surface area (Å²) in [4.78, 5) is 0. The van der Waals surface area contributed by atoms with Crippen molar-refractivity contribution in [1.29, 1.82) is 0 Å². The Bertz CT molecular complexity index is 301. The topological polar surface area (TPSA) is 27.6 Å². The number of fused-ring (bicyclic) bond motifs is 1. The molecule has 1 aliphatic carbocycles. The Morgan fingerprint density at radius 1 is 1.54 bits per heavy atom. The average molecular weight is 177 g/mol. The van der Waals surface area contributed by atoms with Gasteiger partial charge in [0, 0.05) is 25.7 Å². The fraction of sp³-hybridized carbons (Fsp3) is 0.500. The second-order valence-corrected chi connectivity index (χ2v) is 3.64. The molecule has 0 bridgehead atoms. The lowest BCUT2D eigenvalue weighted by Gasteiger charge is -2.28. The summed E-state index contributed by atoms with van der Waals surface area (Å²) in [5.41, 5.74) is 2.50. The minimum atomic E-state index is 0.442. The Morgan fingerprint density at radius 3 is 3.00 bits per heavy atom. The van der Waals surface area contributed by atoms with Crippen LogP contribution in [-0.4, -0.2) is 31.4 Å². The van der Waals surface area contributed by atoms with Crippen LogP contribution in [0.4, 0.5) is 0 Å². The predicted octanol–water partition coefficient (Wildman–Crippen LogP) is 0.966. The highest BCUT2D eigenvalue weighted by Gasteiger charge is 2.29. The lowest BCUT2D eigenvalue weighted by atomic mass is 9.89. The first-order valence-electron chi connectivity index (χ1n) is 4.60. The van der Waals surface area contributed by atoms with Gasteiger partial charge < -0.3 is 5.32 Å². The van der Waals surface area contributed by atoms with Crippen molar-refractivity contribution in [3.63, 3.8) is 0 Å². The van der Waals surface area contributed by atoms with Crippen LogP contribution in [0, 0.1) is 5.92 Å². The van der Waals surface area contributed by atoms with Crippen LogP contribution in [0.1, 0.15) is 6.92 Å². The number of hydrogen-bond acceptors (Lipinski definition) is 3. The van der Waals surface area contributed by atoms with Crippen LogP contribution < -0.4 is 5.32 Å². The van der Waals surface area contributed by atoms with E-state index in [1.807, 2.05) is 25.3 Å². The van der Waals surface area contributed by atoms with E-state index in [2.05, 4.69) is 29.5 Å². The lowest BCUT2D eigenvalue weighted by molar-refractivity contribution is 0.266. The van der Waals surface area contributed by atoms with Gasteiger partial charge in [-0.1, -0.05) is 13.0 Å². The Hall–Kier alpha value is -1.25. The van der Waals surface area contributed by atoms with Crippen LogP contribution in [0.2, 0.25) is 0 Å². The molecule has 1 aliphatic heterocycles. The smallest absolute Gasteiger partial charge is 0.0793 e. The first kappa shape index (κ1) is 8.35. The van der Waals surface area contributed by atoms with Gasteiger partial charge in [0.1, 0.15) is 0 Å². The third kappa shape index (κ3) is 1.24. The van der Waals surface area contributed by atoms with E-state index in [9.17, 15) is 0 Å². The normalized spacial score (nSPS) is 31.2. The molecule has 0 aromatic heterocycles. The monoisotopic (exact) mass is 177 g/mol. The van der Waals surface area contributed by atoms with E-state index in [0.717, 1.165) is 0 Å². The van der Waals surface area contributed by atoms with E-state index in [1.165, 1.54) is 11.3 Å². The van der Waals surface area contributed by atoms with E-state index < -0.39 is 0 Å². The van der Waals surface area contributed by atoms with E-state index >= 15 is 0 Å². The third-order valence-electron chi connectivity index (χ3n) is 2.68. The predicted molar refractivity (Wildman–Crippen MR) is 54.4 cm³/mol. The summed E-state index contributed by atoms with van der Waals surface area (Å²) in [5, 5.41) is 9.47. The van der Waals surface area contributed by atoms with Gasteiger partial charge in [0.2, 0.25) is 0 Å². The van der Waals surface area contributed by atoms with Crippen LogP contribution in [0.25, 0.3) is 0 Å². The zero-order chi connectivity index (χ0) is 9.42. The molecule has 2 unspecified atom stereocenters. The molecule has 0 spiro atoms. The molecule has 2 rings (SSSR count). The van der Waals surface area contributed by atoms with Gasteiger partial charge in [0.25, 0.3) is 0 Å². The maximum absolute atomic E-state index is 4.28. The van der Waals surface area contributed by atoms with Gasteiger partial charge in [-0.2, -0.15) is 5.10 Å². The number of hydrogen-bond donors (Lipinski definition) is 1. The van der Waals surface area contributed by atoms with Gasteiger partial charge in [-0.15, -0.1) is 0 Å². The molecule has 3 heteroatoms. The van der Waals surface area contributed by atoms with Crippen molar-refractivity contribution in [1.82, 2.24) is 10.3 Å². The fourth-order valence-electron chi connectivity index (χ4n) is 2.05. The highest BCUT2D eigenvalue weighted by molar-refractivity contribution is 5.83. The molecule has 2 atom stereocenters. The molecule has 0 saturated carbocycles. The number of hydrazone groups is 1. The molecule has 0 amide bonds. The molecular weight excluding hydrogens is 162 g/mol. The molecule has 0 saturated heterocycles. The van der Waals surface area contributed by atoms with Crippen molar-refractivity contribution in [2.45, 2.75) is 13.0 Å². The van der Waals surface area contributed by atoms with Gasteiger partial charge in [0.15, 0.2) is 0 Å². The largest absolute Gasteiger partial charge is 0.388 e. The van der Waals surface area contributed by atoms with Gasteiger partial charge >= 0.3 is 0 Å². The maximum atomic E-state index is 4.28. The fourth-order valence-corrected chi connectivity index (χ4v) is 2.05. The quantitative estimate of drug-likeness (QED) is 0.646. The highest BCUT2D eigenvalue weighted by atomic mass is 15.5. The molecule has 1 heterocycles. The van der Waals surface area contributed by atoms with Gasteiger partial charge in [-0.3, -0.25) is 5.01 Å². The summed E-state index contributed by atoms with van der Waals surface area (Å²) in [6, 6.07) is 0.442. The average Bonchev–Trinajstić information content (AvgIpc) is 2.48. The van der Waals surface area contributed by atoms with Crippen molar-refractivity contribution < 1.29 is 0 Å². The molecule has 2 aliphatic rings. The molecule has 13 heavy (non-hydrogen) atoms. The second kappa shape index (κ2) is 2.91. The lowest BCUT2D eigenvalue weighted by Crippen LogP contribution is -2.33. The van der Waals surface area contributed by atoms with Crippen LogP contribution in [0.3, 0.4) is 0 Å². The first-order valence-corrected chi connectivity index (χ1v) is 4.60. The molecule has 70 valence electrons. The number of nitrogens with one attached hydrogen (secondary N) is 1. The van der Waals surface area contributed by atoms with E-state index in [1.54, 1.807) is 0 Å². The second-order valence-electron chi connectivity index (χ2n) is 3.64. The van der Waals surface area contributed by atoms with E-state index in [0.29, 0.717) is 12.0 Å². The van der Waals surface area contributed by atoms with Crippen molar-refractivity contribution in [3.8, 4) is 0 Å². The van der Waals surface area contributed by atoms with Crippen molar-refractivity contribution in [3.05, 3.63) is 23.4 Å². The minimum absolute atomic E-state index is 0.442. The SMILES string of the molecule is CNC1=CC(C)C2C(=C1)C=NN2C. The zero-order valence-corrected chi connectivity index (χ0v) is 8.28. The molecule has 0 aromatic carbocycles. The Kier molecular flexibility index (Phi) is 1.87. The van der Waals surface area contributed by atoms with Crippen molar-refractivity contribution in [2.24, 2.45) is 11.0 Å². The molecule has 1 N–H and O–H groups in total. The molecule has 0 fully saturated rings. The standard InChI is InChI=1S/C10H15N3/c1-7-4-9(11-2)5-8-6-12-13(3)10(7)8/h4-7,10-11H,1-3H3. The van der Waals surface area contributed by atoms with Crippen molar-refractivity contribution in [2.75, 3.05) is 14.1 Å². The van der Waals surface area contributed by atoms with Crippen LogP contribution in [0.5, 0.6) is 0 Å². The van der Waals surface area contributed by atoms with Gasteiger partial charge in [-0.25, -0.2) is 0 Å². The minimum Gasteiger partial charge on any atom is -0.388 e. The highest BCUT2D eigenvalue weighted by Crippen LogP contribution is 2.28. The molecule has 3 nitrogen and oxygen atoms in total. The zero-order valence-electron chi connectivity index (χ0n) is 8.28. The maximum Gasteiger partial charge on any atom is 0.0793 e. The number of likely N-dealkylation sites (N-methyl/N-ethyl adjacent to an activating group) is 2. The van der Waals surface area contributed by atoms with Gasteiger partial charge in [-0.05, 0) is 11.6 Å². The molecule has 0 aromatic rings. The molecule has 0 radical (unpaired) electrons. The summed E-state index contributed by atoms with van der Waals surface area (Å²) in [6.45, 7) is 2.22. The summed E-state index contributed by atoms with van der Waals surface area (Å²) >= 11 is 0. The third-order valence-corrected chi connectivity index (χ3v) is 2.68. The Morgan fingerprint density at radius 2 is 2.31 bits per heavy atom. The summed E-state index contributed by atoms with van der Waals surface area (Å²) < 4.78 is 0. The molecular formula is C10H15N3. The Labute approximate surface area is 78.8 Å². The van der Waals surface area contributed by atoms with Crippen LogP contribution in [0.15, 0.2) is 28.5 Å². The van der Waals surface area contributed by atoms with E-state index in [4.69, 9.17) is 0 Å². The number of rotatable bonds is 1. The van der Waals surface area contributed by atoms with Crippen LogP contribution in [-0.2, 0) is 0 Å². The number of nitrogens with zero attached hydrogens (tertiary/aromatic N) is 2.